The van der Waals surface area contributed by atoms with Crippen molar-refractivity contribution in [3.63, 3.8) is 0 Å². The third-order valence-corrected chi connectivity index (χ3v) is 5.92. The molecular weight excluding hydrogens is 535 g/mol. The summed E-state index contributed by atoms with van der Waals surface area (Å²) in [4.78, 5) is 19.2. The highest BCUT2D eigenvalue weighted by Crippen LogP contribution is 2.36. The van der Waals surface area contributed by atoms with Gasteiger partial charge in [-0.2, -0.15) is 0 Å². The van der Waals surface area contributed by atoms with E-state index in [9.17, 15) is 9.90 Å². The third kappa shape index (κ3) is 7.63. The van der Waals surface area contributed by atoms with Gasteiger partial charge in [-0.15, -0.1) is 24.0 Å². The Morgan fingerprint density at radius 3 is 2.52 bits per heavy atom. The first-order valence-corrected chi connectivity index (χ1v) is 11.6. The minimum Gasteiger partial charge on any atom is -0.497 e. The van der Waals surface area contributed by atoms with Gasteiger partial charge in [-0.05, 0) is 71.1 Å². The SMILES string of the molecule is CCNC(=NCC(O)c1cccc(OC)c1)NC1CC2CCC(C1)N2C(=O)OC(C)(C)C.I. The van der Waals surface area contributed by atoms with Crippen LogP contribution in [0.25, 0.3) is 0 Å². The summed E-state index contributed by atoms with van der Waals surface area (Å²) >= 11 is 0. The molecule has 33 heavy (non-hydrogen) atoms. The molecular formula is C24H39IN4O4. The maximum absolute atomic E-state index is 12.7. The molecule has 186 valence electrons. The minimum absolute atomic E-state index is 0. The van der Waals surface area contributed by atoms with Crippen LogP contribution in [0.2, 0.25) is 0 Å². The number of rotatable bonds is 6. The van der Waals surface area contributed by atoms with Crippen molar-refractivity contribution in [2.24, 2.45) is 4.99 Å². The highest BCUT2D eigenvalue weighted by molar-refractivity contribution is 14.0. The predicted molar refractivity (Wildman–Crippen MR) is 140 cm³/mol. The van der Waals surface area contributed by atoms with E-state index in [2.05, 4.69) is 15.6 Å². The number of halogens is 1. The number of piperidine rings is 1. The van der Waals surface area contributed by atoms with Crippen LogP contribution in [0.4, 0.5) is 4.79 Å². The molecule has 0 radical (unpaired) electrons. The zero-order chi connectivity index (χ0) is 23.3. The van der Waals surface area contributed by atoms with Gasteiger partial charge in [0.1, 0.15) is 11.4 Å². The number of methoxy groups -OCH3 is 1. The summed E-state index contributed by atoms with van der Waals surface area (Å²) in [6.45, 7) is 8.70. The lowest BCUT2D eigenvalue weighted by atomic mass is 9.98. The maximum atomic E-state index is 12.7. The van der Waals surface area contributed by atoms with E-state index in [1.165, 1.54) is 0 Å². The number of nitrogens with zero attached hydrogens (tertiary/aromatic N) is 2. The second-order valence-electron chi connectivity index (χ2n) is 9.60. The van der Waals surface area contributed by atoms with Crippen LogP contribution in [0.3, 0.4) is 0 Å². The highest BCUT2D eigenvalue weighted by Gasteiger charge is 2.45. The van der Waals surface area contributed by atoms with Crippen molar-refractivity contribution in [1.82, 2.24) is 15.5 Å². The topological polar surface area (TPSA) is 95.4 Å². The lowest BCUT2D eigenvalue weighted by Gasteiger charge is -2.40. The average molecular weight is 575 g/mol. The van der Waals surface area contributed by atoms with Crippen LogP contribution in [0, 0.1) is 0 Å². The second kappa shape index (κ2) is 12.1. The van der Waals surface area contributed by atoms with Crippen molar-refractivity contribution >= 4 is 36.0 Å². The molecule has 2 saturated heterocycles. The number of amides is 1. The van der Waals surface area contributed by atoms with Gasteiger partial charge >= 0.3 is 6.09 Å². The molecule has 0 saturated carbocycles. The molecule has 2 aliphatic rings. The molecule has 0 aliphatic carbocycles. The zero-order valence-electron chi connectivity index (χ0n) is 20.3. The first-order valence-electron chi connectivity index (χ1n) is 11.6. The lowest BCUT2D eigenvalue weighted by molar-refractivity contribution is 0.00544. The summed E-state index contributed by atoms with van der Waals surface area (Å²) in [5.74, 6) is 1.40. The van der Waals surface area contributed by atoms with Gasteiger partial charge in [-0.1, -0.05) is 12.1 Å². The highest BCUT2D eigenvalue weighted by atomic mass is 127. The molecule has 3 N–H and O–H groups in total. The number of aliphatic imine (C=N–C) groups is 1. The number of aliphatic hydroxyl groups excluding tert-OH is 1. The molecule has 0 aromatic heterocycles. The van der Waals surface area contributed by atoms with Gasteiger partial charge in [0.15, 0.2) is 5.96 Å². The molecule has 8 nitrogen and oxygen atoms in total. The number of carbonyl (C=O) groups is 1. The van der Waals surface area contributed by atoms with Gasteiger partial charge in [0.05, 0.1) is 19.8 Å². The number of aliphatic hydroxyl groups is 1. The summed E-state index contributed by atoms with van der Waals surface area (Å²) in [7, 11) is 1.61. The van der Waals surface area contributed by atoms with Crippen molar-refractivity contribution in [2.75, 3.05) is 20.2 Å². The number of nitrogens with one attached hydrogen (secondary N) is 2. The third-order valence-electron chi connectivity index (χ3n) is 5.92. The predicted octanol–water partition coefficient (Wildman–Crippen LogP) is 3.83. The Kier molecular flexibility index (Phi) is 10.1. The van der Waals surface area contributed by atoms with Gasteiger partial charge in [-0.25, -0.2) is 4.79 Å². The van der Waals surface area contributed by atoms with E-state index in [0.717, 1.165) is 37.8 Å². The first-order chi connectivity index (χ1) is 15.2. The first kappa shape index (κ1) is 27.5. The maximum Gasteiger partial charge on any atom is 0.410 e. The molecule has 1 aromatic rings. The van der Waals surface area contributed by atoms with Crippen LogP contribution < -0.4 is 15.4 Å². The van der Waals surface area contributed by atoms with Crippen molar-refractivity contribution < 1.29 is 19.4 Å². The van der Waals surface area contributed by atoms with E-state index in [1.54, 1.807) is 7.11 Å². The fourth-order valence-electron chi connectivity index (χ4n) is 4.55. The van der Waals surface area contributed by atoms with Gasteiger partial charge in [0, 0.05) is 24.7 Å². The summed E-state index contributed by atoms with van der Waals surface area (Å²) < 4.78 is 10.9. The van der Waals surface area contributed by atoms with Crippen molar-refractivity contribution in [1.29, 1.82) is 0 Å². The van der Waals surface area contributed by atoms with E-state index < -0.39 is 11.7 Å². The summed E-state index contributed by atoms with van der Waals surface area (Å²) in [6.07, 6.45) is 2.81. The van der Waals surface area contributed by atoms with Crippen LogP contribution in [0.5, 0.6) is 5.75 Å². The number of benzene rings is 1. The Hall–Kier alpha value is -1.75. The quantitative estimate of drug-likeness (QED) is 0.272. The monoisotopic (exact) mass is 574 g/mol. The molecule has 3 atom stereocenters. The fraction of sp³-hybridized carbons (Fsp3) is 0.667. The van der Waals surface area contributed by atoms with Crippen LogP contribution >= 0.6 is 24.0 Å². The van der Waals surface area contributed by atoms with Crippen LogP contribution in [-0.2, 0) is 4.74 Å². The van der Waals surface area contributed by atoms with Crippen molar-refractivity contribution in [3.05, 3.63) is 29.8 Å². The molecule has 2 bridgehead atoms. The summed E-state index contributed by atoms with van der Waals surface area (Å²) in [6, 6.07) is 8.00. The Morgan fingerprint density at radius 1 is 1.27 bits per heavy atom. The molecule has 2 aliphatic heterocycles. The Labute approximate surface area is 214 Å². The minimum atomic E-state index is -0.717. The molecule has 2 fully saturated rings. The Bertz CT molecular complexity index is 800. The van der Waals surface area contributed by atoms with Gasteiger partial charge in [-0.3, -0.25) is 4.99 Å². The second-order valence-corrected chi connectivity index (χ2v) is 9.60. The van der Waals surface area contributed by atoms with Crippen molar-refractivity contribution in [2.45, 2.75) is 83.2 Å². The fourth-order valence-corrected chi connectivity index (χ4v) is 4.55. The van der Waals surface area contributed by atoms with Crippen LogP contribution in [0.1, 0.15) is 65.0 Å². The number of fused-ring (bicyclic) bond motifs is 2. The Balaban J connectivity index is 0.00000385. The van der Waals surface area contributed by atoms with Gasteiger partial charge in [0.25, 0.3) is 0 Å². The van der Waals surface area contributed by atoms with E-state index in [1.807, 2.05) is 56.9 Å². The average Bonchev–Trinajstić information content (AvgIpc) is 3.01. The molecule has 9 heteroatoms. The number of guanidine groups is 1. The lowest BCUT2D eigenvalue weighted by Crippen LogP contribution is -2.55. The zero-order valence-corrected chi connectivity index (χ0v) is 22.7. The molecule has 2 heterocycles. The van der Waals surface area contributed by atoms with E-state index >= 15 is 0 Å². The molecule has 1 amide bonds. The van der Waals surface area contributed by atoms with Gasteiger partial charge < -0.3 is 30.1 Å². The Morgan fingerprint density at radius 2 is 1.94 bits per heavy atom. The smallest absolute Gasteiger partial charge is 0.410 e. The summed E-state index contributed by atoms with van der Waals surface area (Å²) in [5.41, 5.74) is 0.285. The number of carbonyl (C=O) groups excluding carboxylic acids is 1. The van der Waals surface area contributed by atoms with Crippen LogP contribution in [-0.4, -0.2) is 66.0 Å². The van der Waals surface area contributed by atoms with Crippen molar-refractivity contribution in [3.8, 4) is 5.75 Å². The molecule has 3 unspecified atom stereocenters. The van der Waals surface area contributed by atoms with E-state index in [0.29, 0.717) is 11.7 Å². The van der Waals surface area contributed by atoms with E-state index in [4.69, 9.17) is 9.47 Å². The molecule has 0 spiro atoms. The largest absolute Gasteiger partial charge is 0.497 e. The normalized spacial score (nSPS) is 23.4. The van der Waals surface area contributed by atoms with Gasteiger partial charge in [0.2, 0.25) is 0 Å². The molecule has 3 rings (SSSR count). The van der Waals surface area contributed by atoms with E-state index in [-0.39, 0.29) is 54.7 Å². The number of hydrogen-bond donors (Lipinski definition) is 3. The number of ether oxygens (including phenoxy) is 2. The molecule has 1 aromatic carbocycles. The summed E-state index contributed by atoms with van der Waals surface area (Å²) in [5, 5.41) is 17.4. The standard InChI is InChI=1S/C24H38N4O4.HI/c1-6-25-22(26-15-21(29)16-8-7-9-20(12-16)31-5)27-17-13-18-10-11-19(14-17)28(18)23(30)32-24(2,3)4;/h7-9,12,17-19,21,29H,6,10-11,13-15H2,1-5H3,(H2,25,26,27);1H. The van der Waals surface area contributed by atoms with Crippen LogP contribution in [0.15, 0.2) is 29.3 Å². The number of hydrogen-bond acceptors (Lipinski definition) is 5.